The van der Waals surface area contributed by atoms with Gasteiger partial charge in [0.2, 0.25) is 5.91 Å². The molecule has 1 saturated heterocycles. The van der Waals surface area contributed by atoms with Crippen LogP contribution in [-0.4, -0.2) is 78.6 Å². The second kappa shape index (κ2) is 11.6. The zero-order valence-electron chi connectivity index (χ0n) is 22.1. The van der Waals surface area contributed by atoms with Crippen molar-refractivity contribution < 1.29 is 38.9 Å². The molecule has 15 nitrogen and oxygen atoms in total. The van der Waals surface area contributed by atoms with Crippen molar-refractivity contribution in [3.63, 3.8) is 0 Å². The number of nitrogens with zero attached hydrogens (tertiary/aromatic N) is 2. The van der Waals surface area contributed by atoms with Crippen LogP contribution in [0.1, 0.15) is 43.1 Å². The minimum atomic E-state index is -1.38. The molecule has 3 aliphatic rings. The van der Waals surface area contributed by atoms with Crippen molar-refractivity contribution in [2.75, 3.05) is 17.7 Å². The smallest absolute Gasteiger partial charge is 0.352 e. The van der Waals surface area contributed by atoms with Crippen LogP contribution in [-0.2, 0) is 23.9 Å². The standard InChI is InChI=1S/C26H26N6O9S/c1-11(33)41-9-14-10-42-24-18(23(37)32(24)19(14)25(38)39)29-22(36)17(12-4-6-15(34)7-5-12)30-26(40)28-16-8-27-20(13-2-3-13)31-21(16)35/h4-8,13,17-18,24,34H,2-3,9-10H2,1H3,(H,29,36)(H,38,39)(H,27,31,35)(H2,28,30,40)/t17-,18?,24-/m1/s1. The number of nitrogens with one attached hydrogen (secondary N) is 4. The number of aromatic amines is 1. The Labute approximate surface area is 241 Å². The van der Waals surface area contributed by atoms with Crippen LogP contribution >= 0.6 is 11.8 Å². The first-order valence-electron chi connectivity index (χ1n) is 12.8. The third-order valence-electron chi connectivity index (χ3n) is 6.79. The van der Waals surface area contributed by atoms with E-state index in [1.165, 1.54) is 49.1 Å². The molecule has 2 aromatic rings. The lowest BCUT2D eigenvalue weighted by Gasteiger charge is -2.49. The van der Waals surface area contributed by atoms with Crippen LogP contribution in [0.5, 0.6) is 5.75 Å². The van der Waals surface area contributed by atoms with E-state index in [1.807, 2.05) is 0 Å². The molecule has 0 spiro atoms. The molecular formula is C26H26N6O9S. The molecule has 5 rings (SSSR count). The van der Waals surface area contributed by atoms with Crippen molar-refractivity contribution in [2.45, 2.75) is 43.1 Å². The number of carboxylic acid groups (broad SMARTS) is 1. The van der Waals surface area contributed by atoms with E-state index in [2.05, 4.69) is 25.9 Å². The Morgan fingerprint density at radius 2 is 1.90 bits per heavy atom. The molecule has 1 saturated carbocycles. The van der Waals surface area contributed by atoms with Crippen LogP contribution in [0.25, 0.3) is 0 Å². The van der Waals surface area contributed by atoms with Gasteiger partial charge in [-0.1, -0.05) is 12.1 Å². The fourth-order valence-electron chi connectivity index (χ4n) is 4.54. The van der Waals surface area contributed by atoms with Crippen LogP contribution in [0, 0.1) is 0 Å². The molecule has 2 fully saturated rings. The van der Waals surface area contributed by atoms with Gasteiger partial charge in [0.15, 0.2) is 0 Å². The molecule has 1 aromatic carbocycles. The molecule has 3 atom stereocenters. The van der Waals surface area contributed by atoms with Crippen molar-refractivity contribution in [1.82, 2.24) is 25.5 Å². The van der Waals surface area contributed by atoms with Crippen LogP contribution in [0.15, 0.2) is 46.5 Å². The number of phenolic OH excluding ortho intramolecular Hbond substituents is 1. The predicted octanol–water partition coefficient (Wildman–Crippen LogP) is 0.517. The lowest BCUT2D eigenvalue weighted by atomic mass is 10.0. The number of benzene rings is 1. The first kappa shape index (κ1) is 28.7. The number of esters is 1. The molecule has 6 N–H and O–H groups in total. The number of rotatable bonds is 9. The highest BCUT2D eigenvalue weighted by atomic mass is 32.2. The topological polar surface area (TPSA) is 220 Å². The van der Waals surface area contributed by atoms with Crippen molar-refractivity contribution in [2.24, 2.45) is 0 Å². The first-order chi connectivity index (χ1) is 20.0. The molecule has 1 aliphatic carbocycles. The van der Waals surface area contributed by atoms with Crippen molar-refractivity contribution in [1.29, 1.82) is 0 Å². The van der Waals surface area contributed by atoms with E-state index in [9.17, 15) is 39.0 Å². The Balaban J connectivity index is 1.31. The zero-order chi connectivity index (χ0) is 30.1. The van der Waals surface area contributed by atoms with Crippen LogP contribution < -0.4 is 21.5 Å². The molecule has 0 radical (unpaired) electrons. The fourth-order valence-corrected chi connectivity index (χ4v) is 5.87. The minimum absolute atomic E-state index is 0.0864. The zero-order valence-corrected chi connectivity index (χ0v) is 22.9. The highest BCUT2D eigenvalue weighted by Crippen LogP contribution is 2.40. The Kier molecular flexibility index (Phi) is 7.89. The lowest BCUT2D eigenvalue weighted by Crippen LogP contribution is -2.71. The van der Waals surface area contributed by atoms with Crippen LogP contribution in [0.4, 0.5) is 10.5 Å². The van der Waals surface area contributed by atoms with E-state index in [4.69, 9.17) is 4.74 Å². The van der Waals surface area contributed by atoms with E-state index in [-0.39, 0.29) is 46.5 Å². The van der Waals surface area contributed by atoms with Gasteiger partial charge in [-0.3, -0.25) is 24.1 Å². The van der Waals surface area contributed by atoms with Crippen molar-refractivity contribution in [3.05, 3.63) is 63.5 Å². The summed E-state index contributed by atoms with van der Waals surface area (Å²) in [5.41, 5.74) is -0.506. The summed E-state index contributed by atoms with van der Waals surface area (Å²) in [7, 11) is 0. The third kappa shape index (κ3) is 5.93. The van der Waals surface area contributed by atoms with Gasteiger partial charge in [0.05, 0.1) is 6.20 Å². The van der Waals surface area contributed by atoms with E-state index < -0.39 is 52.8 Å². The van der Waals surface area contributed by atoms with Gasteiger partial charge in [-0.25, -0.2) is 14.6 Å². The summed E-state index contributed by atoms with van der Waals surface area (Å²) in [5.74, 6) is -2.69. The number of fused-ring (bicyclic) bond motifs is 1. The molecule has 4 amide bonds. The van der Waals surface area contributed by atoms with E-state index >= 15 is 0 Å². The number of ether oxygens (including phenoxy) is 1. The monoisotopic (exact) mass is 598 g/mol. The number of carbonyl (C=O) groups excluding carboxylic acids is 4. The molecule has 42 heavy (non-hydrogen) atoms. The second-order valence-corrected chi connectivity index (χ2v) is 10.9. The summed E-state index contributed by atoms with van der Waals surface area (Å²) >= 11 is 1.18. The largest absolute Gasteiger partial charge is 0.508 e. The molecule has 3 heterocycles. The Hall–Kier alpha value is -4.86. The number of thioether (sulfide) groups is 1. The normalized spacial score (nSPS) is 20.1. The minimum Gasteiger partial charge on any atom is -0.508 e. The fraction of sp³-hybridized carbons (Fsp3) is 0.346. The Morgan fingerprint density at radius 1 is 1.19 bits per heavy atom. The van der Waals surface area contributed by atoms with Gasteiger partial charge in [-0.15, -0.1) is 11.8 Å². The summed E-state index contributed by atoms with van der Waals surface area (Å²) in [6, 6.07) is 2.02. The summed E-state index contributed by atoms with van der Waals surface area (Å²) < 4.78 is 4.92. The number of carboxylic acids is 1. The molecule has 16 heteroatoms. The second-order valence-electron chi connectivity index (χ2n) is 9.84. The summed E-state index contributed by atoms with van der Waals surface area (Å²) in [5, 5.41) is 26.1. The van der Waals surface area contributed by atoms with Crippen molar-refractivity contribution in [3.8, 4) is 5.75 Å². The molecule has 2 aliphatic heterocycles. The summed E-state index contributed by atoms with van der Waals surface area (Å²) in [6.07, 6.45) is 3.07. The van der Waals surface area contributed by atoms with Gasteiger partial charge in [0.25, 0.3) is 11.5 Å². The van der Waals surface area contributed by atoms with Crippen LogP contribution in [0.2, 0.25) is 0 Å². The van der Waals surface area contributed by atoms with Gasteiger partial charge in [-0.2, -0.15) is 0 Å². The van der Waals surface area contributed by atoms with E-state index in [0.29, 0.717) is 5.82 Å². The lowest BCUT2D eigenvalue weighted by molar-refractivity contribution is -0.151. The number of carbonyl (C=O) groups is 5. The van der Waals surface area contributed by atoms with Gasteiger partial charge in [-0.05, 0) is 30.5 Å². The first-order valence-corrected chi connectivity index (χ1v) is 13.9. The van der Waals surface area contributed by atoms with E-state index in [0.717, 1.165) is 17.7 Å². The number of hydrogen-bond donors (Lipinski definition) is 6. The molecule has 1 unspecified atom stereocenters. The third-order valence-corrected chi connectivity index (χ3v) is 8.13. The predicted molar refractivity (Wildman–Crippen MR) is 146 cm³/mol. The quantitative estimate of drug-likeness (QED) is 0.172. The highest BCUT2D eigenvalue weighted by molar-refractivity contribution is 8.00. The average Bonchev–Trinajstić information content (AvgIpc) is 3.80. The van der Waals surface area contributed by atoms with Crippen molar-refractivity contribution >= 4 is 47.2 Å². The number of aliphatic carboxylic acids is 1. The van der Waals surface area contributed by atoms with Crippen LogP contribution in [0.3, 0.4) is 0 Å². The number of anilines is 1. The molecule has 0 bridgehead atoms. The highest BCUT2D eigenvalue weighted by Gasteiger charge is 2.54. The SMILES string of the molecule is CC(=O)OCC1=C(C(=O)O)N2C(=O)C(NC(=O)[C@H](NC(=O)Nc3cnc(C4CC4)[nH]c3=O)c3ccc(O)cc3)[C@H]2SC1. The maximum Gasteiger partial charge on any atom is 0.352 e. The van der Waals surface area contributed by atoms with Gasteiger partial charge in [0.1, 0.15) is 47.0 Å². The number of phenols is 1. The molecule has 1 aromatic heterocycles. The number of H-pyrrole nitrogens is 1. The molecule has 220 valence electrons. The molecular weight excluding hydrogens is 572 g/mol. The Morgan fingerprint density at radius 3 is 2.52 bits per heavy atom. The Bertz CT molecular complexity index is 1550. The number of aromatic hydroxyl groups is 1. The number of urea groups is 1. The number of amides is 4. The van der Waals surface area contributed by atoms with Gasteiger partial charge in [0, 0.05) is 24.2 Å². The number of aromatic nitrogens is 2. The number of β-lactam (4-membered cyclic amide) rings is 1. The summed E-state index contributed by atoms with van der Waals surface area (Å²) in [6.45, 7) is 0.889. The average molecular weight is 599 g/mol. The maximum atomic E-state index is 13.4. The summed E-state index contributed by atoms with van der Waals surface area (Å²) in [4.78, 5) is 82.7. The van der Waals surface area contributed by atoms with Gasteiger partial charge >= 0.3 is 18.0 Å². The van der Waals surface area contributed by atoms with Gasteiger partial charge < -0.3 is 35.9 Å². The number of hydrogen-bond acceptors (Lipinski definition) is 10. The maximum absolute atomic E-state index is 13.4. The van der Waals surface area contributed by atoms with E-state index in [1.54, 1.807) is 0 Å².